The Bertz CT molecular complexity index is 624. The molecule has 0 radical (unpaired) electrons. The summed E-state index contributed by atoms with van der Waals surface area (Å²) in [4.78, 5) is 0. The maximum absolute atomic E-state index is 14.0. The molecule has 0 amide bonds. The summed E-state index contributed by atoms with van der Waals surface area (Å²) in [7, 11) is 0. The van der Waals surface area contributed by atoms with Gasteiger partial charge < -0.3 is 4.74 Å². The van der Waals surface area contributed by atoms with Crippen molar-refractivity contribution in [3.63, 3.8) is 0 Å². The van der Waals surface area contributed by atoms with E-state index in [4.69, 9.17) is 27.9 Å². The number of halogens is 15. The molecule has 0 aliphatic heterocycles. The third kappa shape index (κ3) is 8.31. The fourth-order valence-corrected chi connectivity index (χ4v) is 3.35. The van der Waals surface area contributed by atoms with Crippen LogP contribution >= 0.6 is 23.2 Å². The standard InChI is InChI=1S/C19H25Cl2F13O/c1-2-3-4-5-6-7-8-9-12(35-13(20)21)10-11-14(22,23)15(24,25)16(26,27)17(28,29)18(30,31)19(32,33)34/h12-13H,2-11H2,1H3. The number of rotatable bonds is 17. The molecule has 0 N–H and O–H groups in total. The van der Waals surface area contributed by atoms with Gasteiger partial charge in [-0.15, -0.1) is 0 Å². The minimum Gasteiger partial charge on any atom is -0.346 e. The van der Waals surface area contributed by atoms with Crippen LogP contribution in [0.3, 0.4) is 0 Å². The number of ether oxygens (including phenoxy) is 1. The molecular weight excluding hydrogens is 562 g/mol. The maximum Gasteiger partial charge on any atom is 0.460 e. The van der Waals surface area contributed by atoms with Crippen molar-refractivity contribution in [1.82, 2.24) is 0 Å². The van der Waals surface area contributed by atoms with Gasteiger partial charge in [0.25, 0.3) is 0 Å². The summed E-state index contributed by atoms with van der Waals surface area (Å²) in [6, 6.07) is 0. The minimum atomic E-state index is -7.91. The number of alkyl halides is 15. The molecule has 212 valence electrons. The van der Waals surface area contributed by atoms with Crippen LogP contribution in [-0.2, 0) is 4.74 Å². The van der Waals surface area contributed by atoms with Crippen LogP contribution in [0.1, 0.15) is 71.1 Å². The van der Waals surface area contributed by atoms with Crippen LogP contribution in [0.5, 0.6) is 0 Å². The first kappa shape index (κ1) is 34.6. The van der Waals surface area contributed by atoms with Crippen LogP contribution in [0.25, 0.3) is 0 Å². The van der Waals surface area contributed by atoms with Gasteiger partial charge in [0.15, 0.2) is 0 Å². The third-order valence-corrected chi connectivity index (χ3v) is 5.41. The smallest absolute Gasteiger partial charge is 0.346 e. The van der Waals surface area contributed by atoms with E-state index in [1.165, 1.54) is 0 Å². The summed E-state index contributed by atoms with van der Waals surface area (Å²) >= 11 is 10.7. The molecule has 0 bridgehead atoms. The summed E-state index contributed by atoms with van der Waals surface area (Å²) in [5, 5.41) is -1.67. The second-order valence-electron chi connectivity index (χ2n) is 7.97. The van der Waals surface area contributed by atoms with E-state index >= 15 is 0 Å². The second kappa shape index (κ2) is 12.9. The first-order valence-electron chi connectivity index (χ1n) is 10.5. The molecular formula is C19H25Cl2F13O. The Balaban J connectivity index is 5.46. The lowest BCUT2D eigenvalue weighted by atomic mass is 9.91. The zero-order chi connectivity index (χ0) is 27.9. The third-order valence-electron chi connectivity index (χ3n) is 5.20. The van der Waals surface area contributed by atoms with E-state index in [1.807, 2.05) is 6.92 Å². The second-order valence-corrected chi connectivity index (χ2v) is 8.98. The molecule has 35 heavy (non-hydrogen) atoms. The lowest BCUT2D eigenvalue weighted by Crippen LogP contribution is -2.70. The van der Waals surface area contributed by atoms with Crippen molar-refractivity contribution < 1.29 is 61.8 Å². The molecule has 0 fully saturated rings. The average molecular weight is 587 g/mol. The van der Waals surface area contributed by atoms with Crippen molar-refractivity contribution in [2.24, 2.45) is 0 Å². The van der Waals surface area contributed by atoms with Crippen molar-refractivity contribution >= 4 is 23.2 Å². The SMILES string of the molecule is CCCCCCCCCC(CCC(F)(F)C(F)(F)C(F)(F)C(F)(F)C(F)(F)C(F)(F)F)OC(Cl)Cl. The van der Waals surface area contributed by atoms with Gasteiger partial charge in [0.05, 0.1) is 6.10 Å². The molecule has 0 rings (SSSR count). The van der Waals surface area contributed by atoms with Gasteiger partial charge in [-0.1, -0.05) is 75.1 Å². The molecule has 1 nitrogen and oxygen atoms in total. The van der Waals surface area contributed by atoms with E-state index in [9.17, 15) is 57.1 Å². The Labute approximate surface area is 203 Å². The first-order valence-corrected chi connectivity index (χ1v) is 11.4. The molecule has 0 heterocycles. The van der Waals surface area contributed by atoms with Gasteiger partial charge in [-0.25, -0.2) is 0 Å². The average Bonchev–Trinajstić information content (AvgIpc) is 2.69. The van der Waals surface area contributed by atoms with Crippen molar-refractivity contribution in [2.75, 3.05) is 0 Å². The zero-order valence-electron chi connectivity index (χ0n) is 18.3. The van der Waals surface area contributed by atoms with Gasteiger partial charge in [-0.3, -0.25) is 0 Å². The lowest BCUT2D eigenvalue weighted by molar-refractivity contribution is -0.440. The first-order chi connectivity index (χ1) is 15.6. The lowest BCUT2D eigenvalue weighted by Gasteiger charge is -2.40. The van der Waals surface area contributed by atoms with Gasteiger partial charge in [-0.2, -0.15) is 57.1 Å². The predicted octanol–water partition coefficient (Wildman–Crippen LogP) is 9.79. The van der Waals surface area contributed by atoms with Crippen molar-refractivity contribution in [3.05, 3.63) is 0 Å². The van der Waals surface area contributed by atoms with Crippen LogP contribution in [0.2, 0.25) is 0 Å². The Morgan fingerprint density at radius 2 is 1.00 bits per heavy atom. The van der Waals surface area contributed by atoms with Crippen molar-refractivity contribution in [1.29, 1.82) is 0 Å². The van der Waals surface area contributed by atoms with E-state index in [-0.39, 0.29) is 12.8 Å². The van der Waals surface area contributed by atoms with Gasteiger partial charge in [0.2, 0.25) is 5.02 Å². The van der Waals surface area contributed by atoms with Crippen LogP contribution in [-0.4, -0.2) is 46.9 Å². The van der Waals surface area contributed by atoms with Gasteiger partial charge in [-0.05, 0) is 12.8 Å². The fourth-order valence-electron chi connectivity index (χ4n) is 3.06. The van der Waals surface area contributed by atoms with Crippen molar-refractivity contribution in [3.8, 4) is 0 Å². The van der Waals surface area contributed by atoms with Gasteiger partial charge in [0.1, 0.15) is 0 Å². The number of unbranched alkanes of at least 4 members (excludes halogenated alkanes) is 6. The zero-order valence-corrected chi connectivity index (χ0v) is 19.8. The van der Waals surface area contributed by atoms with Crippen LogP contribution in [0.15, 0.2) is 0 Å². The van der Waals surface area contributed by atoms with Gasteiger partial charge in [0, 0.05) is 6.42 Å². The summed E-state index contributed by atoms with van der Waals surface area (Å²) in [6.45, 7) is 1.98. The largest absolute Gasteiger partial charge is 0.460 e. The van der Waals surface area contributed by atoms with Crippen LogP contribution in [0, 0.1) is 0 Å². The quantitative estimate of drug-likeness (QED) is 0.0936. The monoisotopic (exact) mass is 586 g/mol. The normalized spacial score (nSPS) is 15.7. The summed E-state index contributed by atoms with van der Waals surface area (Å²) in [6.07, 6.45) is -7.34. The highest BCUT2D eigenvalue weighted by Gasteiger charge is 2.90. The minimum absolute atomic E-state index is 0.135. The summed E-state index contributed by atoms with van der Waals surface area (Å²) in [5.41, 5.74) is 0. The van der Waals surface area contributed by atoms with E-state index in [1.54, 1.807) is 0 Å². The summed E-state index contributed by atoms with van der Waals surface area (Å²) in [5.74, 6) is -36.9. The van der Waals surface area contributed by atoms with E-state index < -0.39 is 59.8 Å². The van der Waals surface area contributed by atoms with Gasteiger partial charge >= 0.3 is 35.8 Å². The topological polar surface area (TPSA) is 9.23 Å². The molecule has 1 atom stereocenters. The predicted molar refractivity (Wildman–Crippen MR) is 103 cm³/mol. The molecule has 1 unspecified atom stereocenters. The Kier molecular flexibility index (Phi) is 12.8. The molecule has 16 heteroatoms. The van der Waals surface area contributed by atoms with Crippen LogP contribution < -0.4 is 0 Å². The number of hydrogen-bond acceptors (Lipinski definition) is 1. The molecule has 0 aromatic rings. The number of hydrogen-bond donors (Lipinski definition) is 0. The van der Waals surface area contributed by atoms with E-state index in [0.29, 0.717) is 12.8 Å². The molecule has 0 aliphatic carbocycles. The molecule has 0 aliphatic rings. The van der Waals surface area contributed by atoms with E-state index in [0.717, 1.165) is 25.7 Å². The molecule has 0 saturated carbocycles. The summed E-state index contributed by atoms with van der Waals surface area (Å²) < 4.78 is 176. The highest BCUT2D eigenvalue weighted by atomic mass is 35.5. The van der Waals surface area contributed by atoms with E-state index in [2.05, 4.69) is 0 Å². The van der Waals surface area contributed by atoms with Crippen molar-refractivity contribution in [2.45, 2.75) is 118 Å². The Morgan fingerprint density at radius 3 is 1.43 bits per heavy atom. The Morgan fingerprint density at radius 1 is 0.571 bits per heavy atom. The fraction of sp³-hybridized carbons (Fsp3) is 1.00. The Hall–Kier alpha value is -0.370. The molecule has 0 aromatic carbocycles. The highest BCUT2D eigenvalue weighted by Crippen LogP contribution is 2.60. The van der Waals surface area contributed by atoms with Crippen LogP contribution in [0.4, 0.5) is 57.1 Å². The highest BCUT2D eigenvalue weighted by molar-refractivity contribution is 6.43. The molecule has 0 saturated heterocycles. The molecule has 0 aromatic heterocycles. The molecule has 0 spiro atoms. The maximum atomic E-state index is 14.0.